The maximum Gasteiger partial charge on any atom is 0.251 e. The van der Waals surface area contributed by atoms with Gasteiger partial charge in [-0.3, -0.25) is 0 Å². The Bertz CT molecular complexity index is 475. The van der Waals surface area contributed by atoms with E-state index < -0.39 is 0 Å². The lowest BCUT2D eigenvalue weighted by Crippen LogP contribution is -2.15. The highest BCUT2D eigenvalue weighted by Crippen LogP contribution is 2.29. The summed E-state index contributed by atoms with van der Waals surface area (Å²) in [5.41, 5.74) is 2.46. The predicted octanol–water partition coefficient (Wildman–Crippen LogP) is 3.04. The van der Waals surface area contributed by atoms with Gasteiger partial charge in [-0.2, -0.15) is 10.4 Å². The number of hydrogen-bond donors (Lipinski definition) is 0. The summed E-state index contributed by atoms with van der Waals surface area (Å²) in [6.07, 6.45) is 6.63. The molecule has 0 radical (unpaired) electrons. The van der Waals surface area contributed by atoms with E-state index in [9.17, 15) is 5.26 Å². The minimum atomic E-state index is 0.413. The summed E-state index contributed by atoms with van der Waals surface area (Å²) < 4.78 is 5.68. The van der Waals surface area contributed by atoms with E-state index in [1.54, 1.807) is 0 Å². The standard InChI is InChI=1S/C15H21N3O/c1-3-12-13(10-16)15(18-17-14(12)4-2)19-9-8-11-6-5-7-11/h11H,3-9H2,1-2H3. The van der Waals surface area contributed by atoms with Crippen LogP contribution in [0.3, 0.4) is 0 Å². The van der Waals surface area contributed by atoms with Crippen LogP contribution in [0.15, 0.2) is 0 Å². The third kappa shape index (κ3) is 3.04. The smallest absolute Gasteiger partial charge is 0.251 e. The van der Waals surface area contributed by atoms with Crippen molar-refractivity contribution in [3.63, 3.8) is 0 Å². The highest BCUT2D eigenvalue weighted by Gasteiger charge is 2.19. The van der Waals surface area contributed by atoms with Gasteiger partial charge in [-0.05, 0) is 30.7 Å². The van der Waals surface area contributed by atoms with Crippen LogP contribution >= 0.6 is 0 Å². The van der Waals surface area contributed by atoms with E-state index in [-0.39, 0.29) is 0 Å². The van der Waals surface area contributed by atoms with E-state index in [1.165, 1.54) is 19.3 Å². The monoisotopic (exact) mass is 259 g/mol. The van der Waals surface area contributed by atoms with Gasteiger partial charge in [-0.1, -0.05) is 33.1 Å². The van der Waals surface area contributed by atoms with Gasteiger partial charge in [0.15, 0.2) is 0 Å². The van der Waals surface area contributed by atoms with Crippen LogP contribution in [0.5, 0.6) is 5.88 Å². The molecule has 1 heterocycles. The molecule has 2 rings (SSSR count). The zero-order valence-corrected chi connectivity index (χ0v) is 11.8. The van der Waals surface area contributed by atoms with E-state index in [0.29, 0.717) is 18.1 Å². The van der Waals surface area contributed by atoms with Crippen molar-refractivity contribution in [2.24, 2.45) is 5.92 Å². The van der Waals surface area contributed by atoms with Crippen LogP contribution in [0.4, 0.5) is 0 Å². The number of aromatic nitrogens is 2. The second-order valence-corrected chi connectivity index (χ2v) is 5.06. The molecule has 19 heavy (non-hydrogen) atoms. The molecule has 1 aromatic rings. The summed E-state index contributed by atoms with van der Waals surface area (Å²) in [7, 11) is 0. The van der Waals surface area contributed by atoms with Crippen LogP contribution < -0.4 is 4.74 Å². The van der Waals surface area contributed by atoms with Gasteiger partial charge in [-0.25, -0.2) is 0 Å². The Kier molecular flexibility index (Phi) is 4.73. The van der Waals surface area contributed by atoms with Crippen molar-refractivity contribution in [3.8, 4) is 11.9 Å². The molecule has 0 amide bonds. The van der Waals surface area contributed by atoms with Crippen molar-refractivity contribution in [2.45, 2.75) is 52.4 Å². The molecule has 1 aromatic heterocycles. The van der Waals surface area contributed by atoms with Crippen molar-refractivity contribution >= 4 is 0 Å². The predicted molar refractivity (Wildman–Crippen MR) is 73.0 cm³/mol. The molecule has 1 aliphatic carbocycles. The Morgan fingerprint density at radius 2 is 2.05 bits per heavy atom. The van der Waals surface area contributed by atoms with Gasteiger partial charge < -0.3 is 4.74 Å². The van der Waals surface area contributed by atoms with Crippen molar-refractivity contribution in [1.29, 1.82) is 5.26 Å². The lowest BCUT2D eigenvalue weighted by atomic mass is 9.83. The molecule has 0 N–H and O–H groups in total. The summed E-state index contributed by atoms with van der Waals surface area (Å²) in [4.78, 5) is 0. The lowest BCUT2D eigenvalue weighted by molar-refractivity contribution is 0.215. The molecule has 0 aromatic carbocycles. The van der Waals surface area contributed by atoms with Crippen molar-refractivity contribution in [1.82, 2.24) is 10.2 Å². The zero-order chi connectivity index (χ0) is 13.7. The van der Waals surface area contributed by atoms with Crippen LogP contribution in [0.25, 0.3) is 0 Å². The van der Waals surface area contributed by atoms with E-state index in [0.717, 1.165) is 36.4 Å². The van der Waals surface area contributed by atoms with Crippen LogP contribution in [0.2, 0.25) is 0 Å². The number of rotatable bonds is 6. The molecule has 1 fully saturated rings. The highest BCUT2D eigenvalue weighted by atomic mass is 16.5. The Hall–Kier alpha value is -1.63. The first-order valence-corrected chi connectivity index (χ1v) is 7.21. The number of nitrogens with zero attached hydrogens (tertiary/aromatic N) is 3. The zero-order valence-electron chi connectivity index (χ0n) is 11.8. The summed E-state index contributed by atoms with van der Waals surface area (Å²) in [6.45, 7) is 4.71. The molecule has 4 heteroatoms. The Balaban J connectivity index is 2.08. The van der Waals surface area contributed by atoms with Crippen molar-refractivity contribution in [3.05, 3.63) is 16.8 Å². The molecular formula is C15H21N3O. The van der Waals surface area contributed by atoms with Gasteiger partial charge in [0.25, 0.3) is 5.88 Å². The highest BCUT2D eigenvalue weighted by molar-refractivity contribution is 5.46. The molecule has 0 bridgehead atoms. The lowest BCUT2D eigenvalue weighted by Gasteiger charge is -2.24. The molecular weight excluding hydrogens is 238 g/mol. The quantitative estimate of drug-likeness (QED) is 0.787. The maximum absolute atomic E-state index is 9.32. The van der Waals surface area contributed by atoms with Gasteiger partial charge >= 0.3 is 0 Å². The summed E-state index contributed by atoms with van der Waals surface area (Å²) in [5, 5.41) is 17.6. The van der Waals surface area contributed by atoms with Gasteiger partial charge in [0.1, 0.15) is 11.6 Å². The molecule has 4 nitrogen and oxygen atoms in total. The SMILES string of the molecule is CCc1nnc(OCCC2CCC2)c(C#N)c1CC. The average molecular weight is 259 g/mol. The number of nitriles is 1. The van der Waals surface area contributed by atoms with E-state index in [2.05, 4.69) is 16.3 Å². The first-order chi connectivity index (χ1) is 9.30. The normalized spacial score (nSPS) is 14.8. The molecule has 1 aliphatic rings. The average Bonchev–Trinajstić information content (AvgIpc) is 2.40. The molecule has 0 saturated heterocycles. The maximum atomic E-state index is 9.32. The summed E-state index contributed by atoms with van der Waals surface area (Å²) in [6, 6.07) is 2.23. The second-order valence-electron chi connectivity index (χ2n) is 5.06. The fraction of sp³-hybridized carbons (Fsp3) is 0.667. The summed E-state index contributed by atoms with van der Waals surface area (Å²) in [5.74, 6) is 1.22. The first-order valence-electron chi connectivity index (χ1n) is 7.21. The molecule has 0 aliphatic heterocycles. The van der Waals surface area contributed by atoms with E-state index in [1.807, 2.05) is 13.8 Å². The van der Waals surface area contributed by atoms with E-state index in [4.69, 9.17) is 4.74 Å². The largest absolute Gasteiger partial charge is 0.476 e. The van der Waals surface area contributed by atoms with Crippen LogP contribution in [0.1, 0.15) is 56.4 Å². The minimum absolute atomic E-state index is 0.413. The number of hydrogen-bond acceptors (Lipinski definition) is 4. The molecule has 1 saturated carbocycles. The molecule has 0 unspecified atom stereocenters. The van der Waals surface area contributed by atoms with Crippen molar-refractivity contribution < 1.29 is 4.74 Å². The van der Waals surface area contributed by atoms with Crippen LogP contribution in [-0.2, 0) is 12.8 Å². The molecule has 102 valence electrons. The second kappa shape index (κ2) is 6.51. The first kappa shape index (κ1) is 13.8. The van der Waals surface area contributed by atoms with Crippen LogP contribution in [0, 0.1) is 17.2 Å². The molecule has 0 spiro atoms. The molecule has 0 atom stereocenters. The van der Waals surface area contributed by atoms with Gasteiger partial charge in [0, 0.05) is 0 Å². The third-order valence-electron chi connectivity index (χ3n) is 3.92. The fourth-order valence-corrected chi connectivity index (χ4v) is 2.47. The third-order valence-corrected chi connectivity index (χ3v) is 3.92. The van der Waals surface area contributed by atoms with Crippen molar-refractivity contribution in [2.75, 3.05) is 6.61 Å². The Morgan fingerprint density at radius 1 is 1.26 bits per heavy atom. The fourth-order valence-electron chi connectivity index (χ4n) is 2.47. The summed E-state index contributed by atoms with van der Waals surface area (Å²) >= 11 is 0. The van der Waals surface area contributed by atoms with Gasteiger partial charge in [-0.15, -0.1) is 5.10 Å². The Morgan fingerprint density at radius 3 is 2.58 bits per heavy atom. The topological polar surface area (TPSA) is 58.8 Å². The minimum Gasteiger partial charge on any atom is -0.476 e. The van der Waals surface area contributed by atoms with Gasteiger partial charge in [0.05, 0.1) is 12.3 Å². The number of ether oxygens (including phenoxy) is 1. The van der Waals surface area contributed by atoms with E-state index >= 15 is 0 Å². The Labute approximate surface area is 114 Å². The van der Waals surface area contributed by atoms with Crippen LogP contribution in [-0.4, -0.2) is 16.8 Å². The number of aryl methyl sites for hydroxylation is 1. The van der Waals surface area contributed by atoms with Gasteiger partial charge in [0.2, 0.25) is 0 Å².